The number of H-pyrrole nitrogens is 1. The van der Waals surface area contributed by atoms with Gasteiger partial charge in [0.05, 0.1) is 0 Å². The van der Waals surface area contributed by atoms with Crippen molar-refractivity contribution in [3.63, 3.8) is 0 Å². The van der Waals surface area contributed by atoms with Gasteiger partial charge in [-0.25, -0.2) is 0 Å². The monoisotopic (exact) mass is 472 g/mol. The van der Waals surface area contributed by atoms with Crippen molar-refractivity contribution < 1.29 is 4.52 Å². The Bertz CT molecular complexity index is 1590. The molecule has 3 heterocycles. The summed E-state index contributed by atoms with van der Waals surface area (Å²) in [5, 5.41) is 12.3. The Hall–Kier alpha value is -4.91. The second kappa shape index (κ2) is 9.76. The van der Waals surface area contributed by atoms with Crippen LogP contribution in [0.25, 0.3) is 33.9 Å². The van der Waals surface area contributed by atoms with Crippen LogP contribution in [0.3, 0.4) is 0 Å². The second-order valence-corrected chi connectivity index (χ2v) is 8.46. The Kier molecular flexibility index (Phi) is 5.86. The molecule has 0 aliphatic heterocycles. The van der Waals surface area contributed by atoms with E-state index in [1.54, 1.807) is 6.20 Å². The number of nitrogens with zero attached hydrogens (tertiary/aromatic N) is 3. The molecule has 3 aromatic heterocycles. The van der Waals surface area contributed by atoms with Crippen LogP contribution in [0.1, 0.15) is 5.56 Å². The van der Waals surface area contributed by atoms with Gasteiger partial charge in [0, 0.05) is 52.5 Å². The number of para-hydroxylation sites is 1. The molecule has 0 aliphatic rings. The average molecular weight is 473 g/mol. The molecule has 176 valence electrons. The van der Waals surface area contributed by atoms with Crippen molar-refractivity contribution in [1.82, 2.24) is 20.1 Å². The summed E-state index contributed by atoms with van der Waals surface area (Å²) in [5.41, 5.74) is 6.96. The zero-order valence-electron chi connectivity index (χ0n) is 19.5. The predicted molar refractivity (Wildman–Crippen MR) is 143 cm³/mol. The molecule has 0 saturated heterocycles. The Morgan fingerprint density at radius 1 is 0.806 bits per heavy atom. The van der Waals surface area contributed by atoms with Crippen molar-refractivity contribution in [3.05, 3.63) is 109 Å². The summed E-state index contributed by atoms with van der Waals surface area (Å²) in [6.07, 6.45) is 4.77. The van der Waals surface area contributed by atoms with Crippen LogP contribution >= 0.6 is 0 Å². The molecule has 0 radical (unpaired) electrons. The molecule has 0 unspecified atom stereocenters. The third-order valence-electron chi connectivity index (χ3n) is 6.01. The van der Waals surface area contributed by atoms with E-state index in [1.807, 2.05) is 54.6 Å². The number of benzene rings is 3. The van der Waals surface area contributed by atoms with E-state index in [0.717, 1.165) is 35.6 Å². The number of aromatic amines is 1. The number of hydrogen-bond acceptors (Lipinski definition) is 6. The highest BCUT2D eigenvalue weighted by Gasteiger charge is 2.12. The Balaban J connectivity index is 1.08. The van der Waals surface area contributed by atoms with Gasteiger partial charge in [0.15, 0.2) is 0 Å². The van der Waals surface area contributed by atoms with Crippen molar-refractivity contribution in [2.45, 2.75) is 6.42 Å². The van der Waals surface area contributed by atoms with E-state index in [-0.39, 0.29) is 0 Å². The molecule has 3 N–H and O–H groups in total. The summed E-state index contributed by atoms with van der Waals surface area (Å²) in [6, 6.07) is 30.2. The van der Waals surface area contributed by atoms with Crippen molar-refractivity contribution in [2.75, 3.05) is 17.2 Å². The van der Waals surface area contributed by atoms with E-state index >= 15 is 0 Å². The molecule has 0 aliphatic carbocycles. The predicted octanol–water partition coefficient (Wildman–Crippen LogP) is 6.68. The maximum absolute atomic E-state index is 5.45. The third kappa shape index (κ3) is 4.67. The first kappa shape index (κ1) is 21.6. The van der Waals surface area contributed by atoms with Gasteiger partial charge in [-0.15, -0.1) is 0 Å². The first-order chi connectivity index (χ1) is 17.8. The van der Waals surface area contributed by atoms with Gasteiger partial charge in [-0.1, -0.05) is 53.7 Å². The molecule has 0 spiro atoms. The Morgan fingerprint density at radius 2 is 1.61 bits per heavy atom. The zero-order valence-corrected chi connectivity index (χ0v) is 19.5. The zero-order chi connectivity index (χ0) is 24.2. The molecule has 0 bridgehead atoms. The second-order valence-electron chi connectivity index (χ2n) is 8.46. The van der Waals surface area contributed by atoms with Crippen LogP contribution < -0.4 is 10.6 Å². The highest BCUT2D eigenvalue weighted by Crippen LogP contribution is 2.25. The minimum Gasteiger partial charge on any atom is -0.385 e. The van der Waals surface area contributed by atoms with Gasteiger partial charge in [0.2, 0.25) is 5.82 Å². The Morgan fingerprint density at radius 3 is 2.50 bits per heavy atom. The maximum Gasteiger partial charge on any atom is 0.276 e. The molecule has 6 aromatic rings. The SMILES string of the molecule is c1ccc(-c2noc(-c3cc(Nc4ccc(NCCc5c[nH]c6ccccc56)cc4)ccn3)n2)cc1. The molecular weight excluding hydrogens is 448 g/mol. The lowest BCUT2D eigenvalue weighted by Crippen LogP contribution is -2.04. The number of rotatable bonds is 8. The van der Waals surface area contributed by atoms with Crippen LogP contribution in [0.5, 0.6) is 0 Å². The molecule has 3 aromatic carbocycles. The summed E-state index contributed by atoms with van der Waals surface area (Å²) in [6.45, 7) is 0.859. The summed E-state index contributed by atoms with van der Waals surface area (Å²) >= 11 is 0. The van der Waals surface area contributed by atoms with Crippen LogP contribution in [0, 0.1) is 0 Å². The van der Waals surface area contributed by atoms with E-state index in [0.29, 0.717) is 17.4 Å². The van der Waals surface area contributed by atoms with Crippen LogP contribution in [0.4, 0.5) is 17.1 Å². The highest BCUT2D eigenvalue weighted by atomic mass is 16.5. The van der Waals surface area contributed by atoms with Crippen molar-refractivity contribution >= 4 is 28.0 Å². The number of hydrogen-bond donors (Lipinski definition) is 3. The molecule has 0 fully saturated rings. The molecule has 6 rings (SSSR count). The van der Waals surface area contributed by atoms with Gasteiger partial charge < -0.3 is 20.1 Å². The van der Waals surface area contributed by atoms with E-state index in [1.165, 1.54) is 16.5 Å². The number of aromatic nitrogens is 4. The average Bonchev–Trinajstić information content (AvgIpc) is 3.59. The van der Waals surface area contributed by atoms with Gasteiger partial charge in [-0.2, -0.15) is 4.98 Å². The topological polar surface area (TPSA) is 91.7 Å². The van der Waals surface area contributed by atoms with Crippen molar-refractivity contribution in [3.8, 4) is 23.0 Å². The number of anilines is 3. The number of nitrogens with one attached hydrogen (secondary N) is 3. The fourth-order valence-corrected chi connectivity index (χ4v) is 4.18. The quantitative estimate of drug-likeness (QED) is 0.229. The summed E-state index contributed by atoms with van der Waals surface area (Å²) in [5.74, 6) is 0.922. The van der Waals surface area contributed by atoms with E-state index in [9.17, 15) is 0 Å². The highest BCUT2D eigenvalue weighted by molar-refractivity contribution is 5.83. The molecule has 7 nitrogen and oxygen atoms in total. The molecule has 7 heteroatoms. The first-order valence-corrected chi connectivity index (χ1v) is 11.8. The number of pyridine rings is 1. The molecule has 0 saturated carbocycles. The minimum absolute atomic E-state index is 0.382. The molecular formula is C29H24N6O. The van der Waals surface area contributed by atoms with Crippen LogP contribution in [-0.4, -0.2) is 26.7 Å². The summed E-state index contributed by atoms with van der Waals surface area (Å²) in [7, 11) is 0. The largest absolute Gasteiger partial charge is 0.385 e. The fraction of sp³-hybridized carbons (Fsp3) is 0.0690. The molecule has 0 amide bonds. The summed E-state index contributed by atoms with van der Waals surface area (Å²) in [4.78, 5) is 12.2. The van der Waals surface area contributed by atoms with E-state index in [2.05, 4.69) is 73.3 Å². The summed E-state index contributed by atoms with van der Waals surface area (Å²) < 4.78 is 5.45. The van der Waals surface area contributed by atoms with Crippen molar-refractivity contribution in [2.24, 2.45) is 0 Å². The van der Waals surface area contributed by atoms with Crippen LogP contribution in [0.2, 0.25) is 0 Å². The third-order valence-corrected chi connectivity index (χ3v) is 6.01. The fourth-order valence-electron chi connectivity index (χ4n) is 4.18. The van der Waals surface area contributed by atoms with Gasteiger partial charge >= 0.3 is 0 Å². The first-order valence-electron chi connectivity index (χ1n) is 11.8. The van der Waals surface area contributed by atoms with E-state index < -0.39 is 0 Å². The molecule has 36 heavy (non-hydrogen) atoms. The van der Waals surface area contributed by atoms with Gasteiger partial charge in [0.25, 0.3) is 5.89 Å². The lowest BCUT2D eigenvalue weighted by atomic mass is 10.1. The Labute approximate surface area is 208 Å². The lowest BCUT2D eigenvalue weighted by molar-refractivity contribution is 0.431. The van der Waals surface area contributed by atoms with Gasteiger partial charge in [-0.3, -0.25) is 4.98 Å². The van der Waals surface area contributed by atoms with Crippen molar-refractivity contribution in [1.29, 1.82) is 0 Å². The van der Waals surface area contributed by atoms with Gasteiger partial charge in [0.1, 0.15) is 5.69 Å². The normalized spacial score (nSPS) is 11.0. The lowest BCUT2D eigenvalue weighted by Gasteiger charge is -2.10. The van der Waals surface area contributed by atoms with E-state index in [4.69, 9.17) is 4.52 Å². The number of fused-ring (bicyclic) bond motifs is 1. The maximum atomic E-state index is 5.45. The van der Waals surface area contributed by atoms with Gasteiger partial charge in [-0.05, 0) is 54.4 Å². The van der Waals surface area contributed by atoms with Crippen LogP contribution in [-0.2, 0) is 6.42 Å². The smallest absolute Gasteiger partial charge is 0.276 e. The molecule has 0 atom stereocenters. The minimum atomic E-state index is 0.382. The standard InChI is InChI=1S/C29H24N6O/c1-2-6-20(7-3-1)28-34-29(36-35-28)27-18-24(15-17-31-27)33-23-12-10-22(11-13-23)30-16-14-21-19-32-26-9-5-4-8-25(21)26/h1-13,15,17-19,30,32H,14,16H2,(H,31,33). The van der Waals surface area contributed by atoms with Crippen LogP contribution in [0.15, 0.2) is 108 Å².